The number of aliphatic hydroxyl groups is 2. The van der Waals surface area contributed by atoms with Gasteiger partial charge in [-0.2, -0.15) is 0 Å². The Bertz CT molecular complexity index is 685. The van der Waals surface area contributed by atoms with E-state index >= 15 is 0 Å². The van der Waals surface area contributed by atoms with Crippen molar-refractivity contribution < 1.29 is 15.3 Å². The molecule has 6 atom stereocenters. The van der Waals surface area contributed by atoms with E-state index in [-0.39, 0.29) is 10.8 Å². The number of phenols is 1. The molecular formula is C20H26O3. The van der Waals surface area contributed by atoms with E-state index in [1.54, 1.807) is 0 Å². The number of aryl methyl sites for hydroxylation is 1. The van der Waals surface area contributed by atoms with Crippen LogP contribution in [-0.4, -0.2) is 27.0 Å². The highest BCUT2D eigenvalue weighted by molar-refractivity contribution is 5.41. The van der Waals surface area contributed by atoms with E-state index in [2.05, 4.69) is 13.0 Å². The summed E-state index contributed by atoms with van der Waals surface area (Å²) in [4.78, 5) is 0. The third-order valence-electron chi connectivity index (χ3n) is 8.52. The van der Waals surface area contributed by atoms with Crippen LogP contribution < -0.4 is 0 Å². The number of hydrogen-bond acceptors (Lipinski definition) is 3. The van der Waals surface area contributed by atoms with Crippen molar-refractivity contribution in [2.45, 2.75) is 69.5 Å². The van der Waals surface area contributed by atoms with Crippen molar-refractivity contribution >= 4 is 0 Å². The second kappa shape index (κ2) is 4.12. The van der Waals surface area contributed by atoms with Gasteiger partial charge >= 0.3 is 0 Å². The summed E-state index contributed by atoms with van der Waals surface area (Å²) in [5, 5.41) is 31.6. The minimum atomic E-state index is -0.868. The summed E-state index contributed by atoms with van der Waals surface area (Å²) in [6.45, 7) is 2.25. The number of hydrogen-bond donors (Lipinski definition) is 3. The maximum atomic E-state index is 11.2. The van der Waals surface area contributed by atoms with Crippen molar-refractivity contribution in [1.82, 2.24) is 0 Å². The first-order chi connectivity index (χ1) is 10.9. The predicted molar refractivity (Wildman–Crippen MR) is 87.2 cm³/mol. The molecule has 4 aliphatic rings. The van der Waals surface area contributed by atoms with Gasteiger partial charge in [-0.1, -0.05) is 13.0 Å². The molecule has 4 aliphatic carbocycles. The minimum absolute atomic E-state index is 0.0969. The largest absolute Gasteiger partial charge is 0.508 e. The van der Waals surface area contributed by atoms with Gasteiger partial charge in [-0.3, -0.25) is 0 Å². The summed E-state index contributed by atoms with van der Waals surface area (Å²) < 4.78 is 0. The lowest BCUT2D eigenvalue weighted by molar-refractivity contribution is -0.129. The third kappa shape index (κ3) is 1.41. The van der Waals surface area contributed by atoms with Crippen LogP contribution in [0.2, 0.25) is 0 Å². The molecule has 3 nitrogen and oxygen atoms in total. The van der Waals surface area contributed by atoms with Crippen LogP contribution in [0.4, 0.5) is 0 Å². The highest BCUT2D eigenvalue weighted by atomic mass is 16.3. The molecule has 3 unspecified atom stereocenters. The molecule has 23 heavy (non-hydrogen) atoms. The Balaban J connectivity index is 1.63. The highest BCUT2D eigenvalue weighted by Crippen LogP contribution is 2.77. The maximum Gasteiger partial charge on any atom is 0.115 e. The van der Waals surface area contributed by atoms with Gasteiger partial charge in [-0.25, -0.2) is 0 Å². The fourth-order valence-electron chi connectivity index (χ4n) is 7.34. The molecule has 1 aromatic rings. The van der Waals surface area contributed by atoms with Gasteiger partial charge in [-0.05, 0) is 85.5 Å². The van der Waals surface area contributed by atoms with Crippen molar-refractivity contribution in [3.63, 3.8) is 0 Å². The first kappa shape index (κ1) is 14.3. The molecule has 3 heteroatoms. The zero-order valence-electron chi connectivity index (χ0n) is 13.8. The monoisotopic (exact) mass is 314 g/mol. The van der Waals surface area contributed by atoms with Crippen LogP contribution >= 0.6 is 0 Å². The van der Waals surface area contributed by atoms with Crippen LogP contribution in [0.1, 0.15) is 62.5 Å². The molecular weight excluding hydrogens is 288 g/mol. The fourth-order valence-corrected chi connectivity index (χ4v) is 7.34. The summed E-state index contributed by atoms with van der Waals surface area (Å²) in [6, 6.07) is 5.87. The lowest BCUT2D eigenvalue weighted by Crippen LogP contribution is -2.53. The zero-order valence-corrected chi connectivity index (χ0v) is 13.8. The molecule has 124 valence electrons. The van der Waals surface area contributed by atoms with Crippen LogP contribution in [0.3, 0.4) is 0 Å². The summed E-state index contributed by atoms with van der Waals surface area (Å²) in [5.74, 6) is 1.46. The molecule has 0 spiro atoms. The molecule has 5 rings (SSSR count). The normalized spacial score (nSPS) is 50.3. The van der Waals surface area contributed by atoms with Crippen molar-refractivity contribution in [3.8, 4) is 5.75 Å². The second-order valence-electron chi connectivity index (χ2n) is 8.81. The highest BCUT2D eigenvalue weighted by Gasteiger charge is 2.76. The van der Waals surface area contributed by atoms with Crippen molar-refractivity contribution in [2.24, 2.45) is 16.7 Å². The van der Waals surface area contributed by atoms with Gasteiger partial charge in [-0.15, -0.1) is 0 Å². The molecule has 0 aliphatic heterocycles. The molecule has 0 aromatic heterocycles. The number of phenolic OH excluding ortho intramolecular Hbond substituents is 1. The number of aromatic hydroxyl groups is 1. The lowest BCUT2D eigenvalue weighted by atomic mass is 9.48. The van der Waals surface area contributed by atoms with E-state index in [0.717, 1.165) is 44.9 Å². The first-order valence-corrected chi connectivity index (χ1v) is 9.14. The quantitative estimate of drug-likeness (QED) is 0.689. The number of rotatable bonds is 0. The number of fused-ring (bicyclic) bond motifs is 3. The molecule has 0 heterocycles. The molecule has 2 bridgehead atoms. The van der Waals surface area contributed by atoms with E-state index in [1.165, 1.54) is 11.1 Å². The van der Waals surface area contributed by atoms with Gasteiger partial charge < -0.3 is 15.3 Å². The van der Waals surface area contributed by atoms with Crippen LogP contribution in [-0.2, 0) is 6.42 Å². The molecule has 0 saturated heterocycles. The molecule has 3 saturated carbocycles. The Kier molecular flexibility index (Phi) is 2.56. The predicted octanol–water partition coefficient (Wildman–Crippen LogP) is 3.11. The SMILES string of the molecule is CC12CCC3c4ccc(O)cc4CCC3[C@]13CC[C@@]2(O)[C@H](O)C3. The lowest BCUT2D eigenvalue weighted by Gasteiger charge is -2.56. The van der Waals surface area contributed by atoms with Crippen molar-refractivity contribution in [1.29, 1.82) is 0 Å². The Labute approximate surface area is 137 Å². The Hall–Kier alpha value is -1.06. The summed E-state index contributed by atoms with van der Waals surface area (Å²) in [5.41, 5.74) is 1.81. The molecule has 1 aromatic carbocycles. The van der Waals surface area contributed by atoms with Crippen LogP contribution in [0, 0.1) is 16.7 Å². The average molecular weight is 314 g/mol. The van der Waals surface area contributed by atoms with Crippen LogP contribution in [0.15, 0.2) is 18.2 Å². The van der Waals surface area contributed by atoms with Gasteiger partial charge in [0.25, 0.3) is 0 Å². The third-order valence-corrected chi connectivity index (χ3v) is 8.52. The van der Waals surface area contributed by atoms with E-state index in [1.807, 2.05) is 12.1 Å². The van der Waals surface area contributed by atoms with Crippen molar-refractivity contribution in [3.05, 3.63) is 29.3 Å². The minimum Gasteiger partial charge on any atom is -0.508 e. The zero-order chi connectivity index (χ0) is 16.0. The van der Waals surface area contributed by atoms with Crippen LogP contribution in [0.5, 0.6) is 5.75 Å². The fraction of sp³-hybridized carbons (Fsp3) is 0.700. The van der Waals surface area contributed by atoms with Crippen LogP contribution in [0.25, 0.3) is 0 Å². The van der Waals surface area contributed by atoms with Gasteiger partial charge in [0.15, 0.2) is 0 Å². The first-order valence-electron chi connectivity index (χ1n) is 9.14. The molecule has 0 radical (unpaired) electrons. The van der Waals surface area contributed by atoms with E-state index < -0.39 is 11.7 Å². The molecule has 0 amide bonds. The topological polar surface area (TPSA) is 60.7 Å². The Morgan fingerprint density at radius 2 is 1.96 bits per heavy atom. The van der Waals surface area contributed by atoms with E-state index in [9.17, 15) is 15.3 Å². The number of benzene rings is 1. The van der Waals surface area contributed by atoms with E-state index in [4.69, 9.17) is 0 Å². The van der Waals surface area contributed by atoms with Crippen molar-refractivity contribution in [2.75, 3.05) is 0 Å². The Morgan fingerprint density at radius 1 is 1.13 bits per heavy atom. The maximum absolute atomic E-state index is 11.2. The summed E-state index contributed by atoms with van der Waals surface area (Å²) in [7, 11) is 0. The van der Waals surface area contributed by atoms with E-state index in [0.29, 0.717) is 17.6 Å². The van der Waals surface area contributed by atoms with Gasteiger partial charge in [0.05, 0.1) is 11.7 Å². The van der Waals surface area contributed by atoms with Gasteiger partial charge in [0.1, 0.15) is 5.75 Å². The summed E-state index contributed by atoms with van der Waals surface area (Å²) in [6.07, 6.45) is 6.27. The molecule has 3 N–H and O–H groups in total. The smallest absolute Gasteiger partial charge is 0.115 e. The number of aliphatic hydroxyl groups excluding tert-OH is 1. The summed E-state index contributed by atoms with van der Waals surface area (Å²) >= 11 is 0. The standard InChI is InChI=1S/C20H26O3/c1-18-7-6-15-14-4-3-13(21)10-12(14)2-5-16(15)19(18)8-9-20(18,23)17(22)11-19/h3-4,10,15-17,21-23H,2,5-9,11H2,1H3/t15?,16?,17-,18?,19-,20-/m1/s1. The Morgan fingerprint density at radius 3 is 2.74 bits per heavy atom. The van der Waals surface area contributed by atoms with Gasteiger partial charge in [0.2, 0.25) is 0 Å². The average Bonchev–Trinajstić information content (AvgIpc) is 2.86. The molecule has 3 fully saturated rings. The second-order valence-corrected chi connectivity index (χ2v) is 8.81. The van der Waals surface area contributed by atoms with Gasteiger partial charge in [0, 0.05) is 5.41 Å².